The van der Waals surface area contributed by atoms with Gasteiger partial charge in [0.2, 0.25) is 5.91 Å². The number of amides is 2. The van der Waals surface area contributed by atoms with E-state index in [9.17, 15) is 23.7 Å². The van der Waals surface area contributed by atoms with Gasteiger partial charge in [0.25, 0.3) is 5.91 Å². The summed E-state index contributed by atoms with van der Waals surface area (Å²) in [5, 5.41) is 22.6. The molecule has 2 aliphatic heterocycles. The maximum Gasteiger partial charge on any atom is 0.352 e. The number of hydrogen-bond donors (Lipinski definition) is 3. The summed E-state index contributed by atoms with van der Waals surface area (Å²) in [6, 6.07) is 2.20. The Labute approximate surface area is 180 Å². The van der Waals surface area contributed by atoms with Crippen molar-refractivity contribution in [1.29, 1.82) is 0 Å². The quantitative estimate of drug-likeness (QED) is 0.356. The fraction of sp³-hybridized carbons (Fsp3) is 0.312. The third-order valence-electron chi connectivity index (χ3n) is 4.34. The Bertz CT molecular complexity index is 1020. The number of β-lactam (4-membered cyclic amide) rings is 1. The smallest absolute Gasteiger partial charge is 0.352 e. The number of furan rings is 1. The standard InChI is InChI=1S/C16H15N5O6S3/c22-9(7-30(26)11-2-1-3-27-11)18-12-14(23)21-13(16(24)25)8(6-29-15(12)21)5-28-10-4-17-20-19-10/h1-4,12,15H,5-7H2,(H,18,22)(H,24,25)(H,17,19,20)/t12?,15-,30?/m1/s1. The molecule has 3 N–H and O–H groups in total. The summed E-state index contributed by atoms with van der Waals surface area (Å²) in [6.45, 7) is 0. The molecular formula is C16H15N5O6S3. The molecule has 0 saturated carbocycles. The van der Waals surface area contributed by atoms with Gasteiger partial charge in [-0.05, 0) is 17.7 Å². The van der Waals surface area contributed by atoms with Crippen molar-refractivity contribution in [2.24, 2.45) is 0 Å². The minimum atomic E-state index is -1.67. The summed E-state index contributed by atoms with van der Waals surface area (Å²) in [7, 11) is -1.67. The van der Waals surface area contributed by atoms with Crippen molar-refractivity contribution in [2.45, 2.75) is 21.5 Å². The molecule has 4 rings (SSSR count). The van der Waals surface area contributed by atoms with E-state index in [1.807, 2.05) is 0 Å². The molecule has 14 heteroatoms. The van der Waals surface area contributed by atoms with Crippen LogP contribution in [0.2, 0.25) is 0 Å². The Kier molecular flexibility index (Phi) is 5.97. The lowest BCUT2D eigenvalue weighted by molar-refractivity contribution is -0.150. The van der Waals surface area contributed by atoms with Crippen molar-refractivity contribution >= 4 is 52.1 Å². The highest BCUT2D eigenvalue weighted by Crippen LogP contribution is 2.41. The van der Waals surface area contributed by atoms with Gasteiger partial charge in [0.15, 0.2) is 5.09 Å². The fourth-order valence-corrected chi connectivity index (χ4v) is 6.14. The molecule has 2 aliphatic rings. The van der Waals surface area contributed by atoms with Gasteiger partial charge in [0.05, 0.1) is 23.3 Å². The van der Waals surface area contributed by atoms with Gasteiger partial charge >= 0.3 is 5.97 Å². The number of H-pyrrole nitrogens is 1. The monoisotopic (exact) mass is 469 g/mol. The highest BCUT2D eigenvalue weighted by atomic mass is 32.2. The summed E-state index contributed by atoms with van der Waals surface area (Å²) in [5.74, 6) is -1.89. The molecule has 0 radical (unpaired) electrons. The normalized spacial score (nSPS) is 21.7. The van der Waals surface area contributed by atoms with Crippen molar-refractivity contribution in [2.75, 3.05) is 17.3 Å². The maximum atomic E-state index is 12.6. The zero-order chi connectivity index (χ0) is 21.3. The lowest BCUT2D eigenvalue weighted by Crippen LogP contribution is -2.70. The average molecular weight is 470 g/mol. The van der Waals surface area contributed by atoms with Crippen LogP contribution in [-0.4, -0.2) is 76.1 Å². The van der Waals surface area contributed by atoms with Crippen molar-refractivity contribution in [3.63, 3.8) is 0 Å². The first kappa shape index (κ1) is 20.7. The Morgan fingerprint density at radius 2 is 2.33 bits per heavy atom. The van der Waals surface area contributed by atoms with E-state index in [0.29, 0.717) is 22.1 Å². The Hall–Kier alpha value is -2.58. The van der Waals surface area contributed by atoms with Crippen LogP contribution in [0.5, 0.6) is 0 Å². The van der Waals surface area contributed by atoms with Gasteiger partial charge in [-0.3, -0.25) is 18.7 Å². The lowest BCUT2D eigenvalue weighted by Gasteiger charge is -2.49. The first-order chi connectivity index (χ1) is 14.5. The van der Waals surface area contributed by atoms with Crippen molar-refractivity contribution in [3.8, 4) is 0 Å². The molecule has 2 aromatic heterocycles. The van der Waals surface area contributed by atoms with Crippen molar-refractivity contribution < 1.29 is 28.1 Å². The van der Waals surface area contributed by atoms with E-state index in [2.05, 4.69) is 20.7 Å². The second-order valence-electron chi connectivity index (χ2n) is 6.23. The van der Waals surface area contributed by atoms with Gasteiger partial charge in [-0.25, -0.2) is 4.79 Å². The third-order valence-corrected chi connectivity index (χ3v) is 7.87. The van der Waals surface area contributed by atoms with Crippen LogP contribution >= 0.6 is 23.5 Å². The number of carboxylic acid groups (broad SMARTS) is 1. The van der Waals surface area contributed by atoms with Crippen LogP contribution in [0.25, 0.3) is 0 Å². The summed E-state index contributed by atoms with van der Waals surface area (Å²) in [5.41, 5.74) is 0.526. The number of aromatic amines is 1. The van der Waals surface area contributed by atoms with E-state index in [1.54, 1.807) is 6.07 Å². The third kappa shape index (κ3) is 4.02. The van der Waals surface area contributed by atoms with Gasteiger partial charge in [-0.2, -0.15) is 10.3 Å². The SMILES string of the molecule is O=C(CS(=O)c1ccco1)NC1C(=O)N2C(C(=O)O)=C(CSc3cn[nH]n3)CS[C@H]12. The van der Waals surface area contributed by atoms with Crippen molar-refractivity contribution in [1.82, 2.24) is 25.6 Å². The number of nitrogens with one attached hydrogen (secondary N) is 2. The number of hydrogen-bond acceptors (Lipinski definition) is 9. The van der Waals surface area contributed by atoms with Gasteiger partial charge < -0.3 is 14.8 Å². The number of fused-ring (bicyclic) bond motifs is 1. The summed E-state index contributed by atoms with van der Waals surface area (Å²) in [6.07, 6.45) is 2.88. The van der Waals surface area contributed by atoms with Gasteiger partial charge in [-0.1, -0.05) is 11.8 Å². The summed E-state index contributed by atoms with van der Waals surface area (Å²) in [4.78, 5) is 37.8. The summed E-state index contributed by atoms with van der Waals surface area (Å²) >= 11 is 2.68. The molecule has 2 unspecified atom stereocenters. The predicted molar refractivity (Wildman–Crippen MR) is 107 cm³/mol. The Morgan fingerprint density at radius 1 is 1.50 bits per heavy atom. The molecule has 0 aliphatic carbocycles. The highest BCUT2D eigenvalue weighted by Gasteiger charge is 2.54. The van der Waals surface area contributed by atoms with Crippen molar-refractivity contribution in [3.05, 3.63) is 35.9 Å². The molecule has 0 bridgehead atoms. The largest absolute Gasteiger partial charge is 0.477 e. The first-order valence-electron chi connectivity index (χ1n) is 8.55. The van der Waals surface area contributed by atoms with Crippen LogP contribution < -0.4 is 5.32 Å². The van der Waals surface area contributed by atoms with Crippen LogP contribution in [0.15, 0.2) is 50.4 Å². The van der Waals surface area contributed by atoms with Crippen LogP contribution in [0.3, 0.4) is 0 Å². The molecule has 1 saturated heterocycles. The Morgan fingerprint density at radius 3 is 3.00 bits per heavy atom. The minimum absolute atomic E-state index is 0.0654. The van der Waals surface area contributed by atoms with Gasteiger partial charge in [0.1, 0.15) is 27.9 Å². The first-order valence-corrected chi connectivity index (χ1v) is 11.9. The van der Waals surface area contributed by atoms with E-state index >= 15 is 0 Å². The number of carboxylic acids is 1. The number of thioether (sulfide) groups is 2. The molecule has 11 nitrogen and oxygen atoms in total. The molecule has 30 heavy (non-hydrogen) atoms. The number of aromatic nitrogens is 3. The number of carbonyl (C=O) groups is 3. The van der Waals surface area contributed by atoms with Gasteiger partial charge in [0, 0.05) is 11.5 Å². The molecule has 2 amide bonds. The topological polar surface area (TPSA) is 158 Å². The van der Waals surface area contributed by atoms with E-state index in [-0.39, 0.29) is 16.5 Å². The molecule has 0 aromatic carbocycles. The fourth-order valence-electron chi connectivity index (χ4n) is 3.01. The number of nitrogens with zero attached hydrogens (tertiary/aromatic N) is 3. The number of carbonyl (C=O) groups excluding carboxylic acids is 2. The Balaban J connectivity index is 1.41. The zero-order valence-electron chi connectivity index (χ0n) is 15.1. The van der Waals surface area contributed by atoms with E-state index in [0.717, 1.165) is 0 Å². The lowest BCUT2D eigenvalue weighted by atomic mass is 10.0. The van der Waals surface area contributed by atoms with Crippen LogP contribution in [0.1, 0.15) is 0 Å². The van der Waals surface area contributed by atoms with Gasteiger partial charge in [-0.15, -0.1) is 16.9 Å². The molecular weight excluding hydrogens is 454 g/mol. The molecule has 0 spiro atoms. The second-order valence-corrected chi connectivity index (χ2v) is 9.71. The van der Waals surface area contributed by atoms with E-state index in [1.165, 1.54) is 47.0 Å². The van der Waals surface area contributed by atoms with Crippen LogP contribution in [0.4, 0.5) is 0 Å². The molecule has 2 aromatic rings. The zero-order valence-corrected chi connectivity index (χ0v) is 17.6. The van der Waals surface area contributed by atoms with Crippen LogP contribution in [0, 0.1) is 0 Å². The second kappa shape index (κ2) is 8.65. The number of rotatable bonds is 8. The predicted octanol–water partition coefficient (Wildman–Crippen LogP) is 0.0362. The minimum Gasteiger partial charge on any atom is -0.477 e. The highest BCUT2D eigenvalue weighted by molar-refractivity contribution is 8.01. The van der Waals surface area contributed by atoms with E-state index < -0.39 is 40.0 Å². The summed E-state index contributed by atoms with van der Waals surface area (Å²) < 4.78 is 17.1. The average Bonchev–Trinajstić information content (AvgIpc) is 3.43. The number of aliphatic carboxylic acids is 1. The van der Waals surface area contributed by atoms with E-state index in [4.69, 9.17) is 4.42 Å². The molecule has 3 atom stereocenters. The van der Waals surface area contributed by atoms with Crippen LogP contribution in [-0.2, 0) is 25.2 Å². The molecule has 158 valence electrons. The maximum absolute atomic E-state index is 12.6. The molecule has 4 heterocycles. The molecule has 1 fully saturated rings.